The van der Waals surface area contributed by atoms with Gasteiger partial charge in [-0.25, -0.2) is 0 Å². The van der Waals surface area contributed by atoms with Gasteiger partial charge in [0.15, 0.2) is 0 Å². The lowest BCUT2D eigenvalue weighted by Gasteiger charge is -2.17. The van der Waals surface area contributed by atoms with Crippen molar-refractivity contribution < 1.29 is 0 Å². The molecule has 0 amide bonds. The fourth-order valence-electron chi connectivity index (χ4n) is 5.21. The van der Waals surface area contributed by atoms with Gasteiger partial charge in [-0.1, -0.05) is 121 Å². The number of hydrogen-bond acceptors (Lipinski definition) is 3. The minimum Gasteiger partial charge on any atom is -0.354 e. The fourth-order valence-corrected chi connectivity index (χ4v) is 5.21. The molecule has 1 N–H and O–H groups in total. The van der Waals surface area contributed by atoms with Gasteiger partial charge in [0.05, 0.1) is 5.52 Å². The topological polar surface area (TPSA) is 54.5 Å². The average Bonchev–Trinajstić information content (AvgIpc) is 3.37. The van der Waals surface area contributed by atoms with Gasteiger partial charge in [0.2, 0.25) is 0 Å². The first-order valence-corrected chi connectivity index (χ1v) is 12.3. The molecule has 2 heterocycles. The monoisotopic (exact) mass is 474 g/mol. The highest BCUT2D eigenvalue weighted by atomic mass is 15.3. The number of hydrogen-bond donors (Lipinski definition) is 1. The maximum absolute atomic E-state index is 4.69. The highest BCUT2D eigenvalue weighted by Crippen LogP contribution is 2.43. The summed E-state index contributed by atoms with van der Waals surface area (Å²) in [5, 5.41) is 15.9. The predicted molar refractivity (Wildman–Crippen MR) is 151 cm³/mol. The minimum absolute atomic E-state index is 0.800. The summed E-state index contributed by atoms with van der Waals surface area (Å²) in [4.78, 5) is 3.64. The number of para-hydroxylation sites is 2. The maximum Gasteiger partial charge on any atom is 0.107 e. The standard InChI is InChI=1S/C33H22N4/c1-3-12-22(13-4-1)24-16-7-8-18-26(24)30-31(23-14-5-2-6-15-23)35-37-36-33(30)28-20-11-19-27-25-17-9-10-21-29(25)34-32(27)28/h1-21,34H. The third-order valence-electron chi connectivity index (χ3n) is 6.89. The Hall–Kier alpha value is -5.09. The molecule has 4 nitrogen and oxygen atoms in total. The average molecular weight is 475 g/mol. The molecule has 5 aromatic carbocycles. The quantitative estimate of drug-likeness (QED) is 0.280. The highest BCUT2D eigenvalue weighted by molar-refractivity contribution is 6.13. The van der Waals surface area contributed by atoms with E-state index < -0.39 is 0 Å². The molecule has 0 aliphatic carbocycles. The van der Waals surface area contributed by atoms with Crippen LogP contribution in [-0.2, 0) is 0 Å². The van der Waals surface area contributed by atoms with Crippen molar-refractivity contribution in [3.63, 3.8) is 0 Å². The molecule has 0 atom stereocenters. The summed E-state index contributed by atoms with van der Waals surface area (Å²) in [5.74, 6) is 0. The summed E-state index contributed by atoms with van der Waals surface area (Å²) >= 11 is 0. The zero-order valence-corrected chi connectivity index (χ0v) is 20.0. The number of benzene rings is 5. The van der Waals surface area contributed by atoms with Gasteiger partial charge in [-0.2, -0.15) is 0 Å². The molecule has 0 saturated carbocycles. The van der Waals surface area contributed by atoms with Crippen molar-refractivity contribution in [1.29, 1.82) is 0 Å². The molecule has 174 valence electrons. The molecule has 2 aromatic heterocycles. The van der Waals surface area contributed by atoms with Gasteiger partial charge in [-0.15, -0.1) is 10.2 Å². The van der Waals surface area contributed by atoms with Crippen molar-refractivity contribution in [2.45, 2.75) is 0 Å². The van der Waals surface area contributed by atoms with Crippen LogP contribution in [0, 0.1) is 0 Å². The Morgan fingerprint density at radius 2 is 1.03 bits per heavy atom. The number of H-pyrrole nitrogens is 1. The smallest absolute Gasteiger partial charge is 0.107 e. The van der Waals surface area contributed by atoms with E-state index in [0.717, 1.165) is 61.2 Å². The Balaban J connectivity index is 1.59. The third kappa shape index (κ3) is 3.58. The van der Waals surface area contributed by atoms with E-state index in [1.807, 2.05) is 24.3 Å². The van der Waals surface area contributed by atoms with E-state index in [4.69, 9.17) is 0 Å². The second-order valence-electron chi connectivity index (χ2n) is 9.04. The van der Waals surface area contributed by atoms with E-state index in [1.165, 1.54) is 5.39 Å². The first-order chi connectivity index (χ1) is 18.4. The predicted octanol–water partition coefficient (Wildman–Crippen LogP) is 8.17. The fraction of sp³-hybridized carbons (Fsp3) is 0. The Morgan fingerprint density at radius 3 is 1.84 bits per heavy atom. The van der Waals surface area contributed by atoms with E-state index in [0.29, 0.717) is 0 Å². The van der Waals surface area contributed by atoms with E-state index in [2.05, 4.69) is 124 Å². The molecule has 37 heavy (non-hydrogen) atoms. The van der Waals surface area contributed by atoms with Gasteiger partial charge in [0.25, 0.3) is 0 Å². The van der Waals surface area contributed by atoms with Gasteiger partial charge in [-0.05, 0) is 28.0 Å². The lowest BCUT2D eigenvalue weighted by molar-refractivity contribution is 0.879. The second kappa shape index (κ2) is 8.85. The molecule has 0 unspecified atom stereocenters. The number of nitrogens with zero attached hydrogens (tertiary/aromatic N) is 3. The van der Waals surface area contributed by atoms with Crippen LogP contribution in [0.5, 0.6) is 0 Å². The van der Waals surface area contributed by atoms with Crippen LogP contribution >= 0.6 is 0 Å². The van der Waals surface area contributed by atoms with Crippen LogP contribution < -0.4 is 0 Å². The summed E-state index contributed by atoms with van der Waals surface area (Å²) in [6.45, 7) is 0. The van der Waals surface area contributed by atoms with E-state index in [1.54, 1.807) is 0 Å². The third-order valence-corrected chi connectivity index (χ3v) is 6.89. The number of fused-ring (bicyclic) bond motifs is 3. The summed E-state index contributed by atoms with van der Waals surface area (Å²) in [6, 6.07) is 43.9. The normalized spacial score (nSPS) is 11.2. The number of aromatic nitrogens is 4. The van der Waals surface area contributed by atoms with Crippen LogP contribution in [0.4, 0.5) is 0 Å². The van der Waals surface area contributed by atoms with Gasteiger partial charge >= 0.3 is 0 Å². The number of aromatic amines is 1. The Bertz CT molecular complexity index is 1870. The minimum atomic E-state index is 0.800. The molecular formula is C33H22N4. The van der Waals surface area contributed by atoms with Crippen molar-refractivity contribution in [2.75, 3.05) is 0 Å². The Kier molecular flexibility index (Phi) is 5.07. The van der Waals surface area contributed by atoms with Gasteiger partial charge in [0, 0.05) is 33.0 Å². The molecule has 0 radical (unpaired) electrons. The molecule has 0 saturated heterocycles. The van der Waals surface area contributed by atoms with Crippen LogP contribution in [0.3, 0.4) is 0 Å². The first kappa shape index (κ1) is 21.2. The summed E-state index contributed by atoms with van der Waals surface area (Å²) in [6.07, 6.45) is 0. The van der Waals surface area contributed by atoms with Crippen LogP contribution in [0.25, 0.3) is 66.6 Å². The first-order valence-electron chi connectivity index (χ1n) is 12.3. The lowest BCUT2D eigenvalue weighted by atomic mass is 9.89. The second-order valence-corrected chi connectivity index (χ2v) is 9.04. The lowest BCUT2D eigenvalue weighted by Crippen LogP contribution is -2.01. The molecule has 0 bridgehead atoms. The van der Waals surface area contributed by atoms with Crippen molar-refractivity contribution in [1.82, 2.24) is 20.4 Å². The van der Waals surface area contributed by atoms with E-state index in [9.17, 15) is 0 Å². The number of nitrogens with one attached hydrogen (secondary N) is 1. The van der Waals surface area contributed by atoms with Gasteiger partial charge in [-0.3, -0.25) is 0 Å². The van der Waals surface area contributed by atoms with Crippen LogP contribution in [0.2, 0.25) is 0 Å². The largest absolute Gasteiger partial charge is 0.354 e. The van der Waals surface area contributed by atoms with Crippen LogP contribution in [0.15, 0.2) is 127 Å². The van der Waals surface area contributed by atoms with Crippen molar-refractivity contribution in [2.24, 2.45) is 0 Å². The molecule has 0 aliphatic rings. The van der Waals surface area contributed by atoms with E-state index >= 15 is 0 Å². The maximum atomic E-state index is 4.69. The molecule has 0 fully saturated rings. The SMILES string of the molecule is c1ccc(-c2ccccc2-c2c(-c3ccccc3)nnnc2-c2cccc3c2[nH]c2ccccc23)cc1. The molecular weight excluding hydrogens is 452 g/mol. The van der Waals surface area contributed by atoms with Gasteiger partial charge < -0.3 is 4.98 Å². The highest BCUT2D eigenvalue weighted by Gasteiger charge is 2.22. The van der Waals surface area contributed by atoms with Crippen molar-refractivity contribution >= 4 is 21.8 Å². The summed E-state index contributed by atoms with van der Waals surface area (Å²) in [5.41, 5.74) is 10.0. The molecule has 7 aromatic rings. The van der Waals surface area contributed by atoms with Crippen LogP contribution in [0.1, 0.15) is 0 Å². The molecule has 0 aliphatic heterocycles. The molecule has 0 spiro atoms. The zero-order chi connectivity index (χ0) is 24.6. The van der Waals surface area contributed by atoms with Crippen LogP contribution in [-0.4, -0.2) is 20.4 Å². The molecule has 4 heteroatoms. The summed E-state index contributed by atoms with van der Waals surface area (Å²) in [7, 11) is 0. The van der Waals surface area contributed by atoms with Crippen molar-refractivity contribution in [3.05, 3.63) is 127 Å². The zero-order valence-electron chi connectivity index (χ0n) is 20.0. The Morgan fingerprint density at radius 1 is 0.432 bits per heavy atom. The number of rotatable bonds is 4. The summed E-state index contributed by atoms with van der Waals surface area (Å²) < 4.78 is 0. The Labute approximate surface area is 214 Å². The van der Waals surface area contributed by atoms with E-state index in [-0.39, 0.29) is 0 Å². The molecule has 7 rings (SSSR count). The van der Waals surface area contributed by atoms with Gasteiger partial charge in [0.1, 0.15) is 11.4 Å². The van der Waals surface area contributed by atoms with Crippen molar-refractivity contribution in [3.8, 4) is 44.8 Å².